The number of nitrogens with zero attached hydrogens (tertiary/aromatic N) is 2. The number of ether oxygens (including phenoxy) is 1. The minimum Gasteiger partial charge on any atom is -0.494 e. The van der Waals surface area contributed by atoms with Crippen molar-refractivity contribution in [1.82, 2.24) is 10.2 Å². The van der Waals surface area contributed by atoms with Crippen molar-refractivity contribution in [3.63, 3.8) is 0 Å². The summed E-state index contributed by atoms with van der Waals surface area (Å²) in [6.45, 7) is 6.82. The summed E-state index contributed by atoms with van der Waals surface area (Å²) in [4.78, 5) is 27.7. The smallest absolute Gasteiger partial charge is 0.242 e. The third-order valence-electron chi connectivity index (χ3n) is 5.94. The van der Waals surface area contributed by atoms with Gasteiger partial charge in [-0.3, -0.25) is 13.9 Å². The number of anilines is 1. The van der Waals surface area contributed by atoms with Crippen LogP contribution in [0.25, 0.3) is 0 Å². The topological polar surface area (TPSA) is 96.0 Å². The number of benzene rings is 2. The molecule has 1 atom stereocenters. The van der Waals surface area contributed by atoms with Crippen LogP contribution in [0, 0.1) is 0 Å². The van der Waals surface area contributed by atoms with E-state index in [0.717, 1.165) is 19.1 Å². The van der Waals surface area contributed by atoms with Crippen LogP contribution >= 0.6 is 23.2 Å². The van der Waals surface area contributed by atoms with E-state index in [0.29, 0.717) is 40.2 Å². The molecule has 0 aliphatic rings. The van der Waals surface area contributed by atoms with E-state index < -0.39 is 16.1 Å². The van der Waals surface area contributed by atoms with Gasteiger partial charge in [-0.2, -0.15) is 0 Å². The number of hydrogen-bond acceptors (Lipinski definition) is 5. The average Bonchev–Trinajstić information content (AvgIpc) is 2.86. The zero-order chi connectivity index (χ0) is 28.3. The van der Waals surface area contributed by atoms with Crippen LogP contribution in [0.2, 0.25) is 10.0 Å². The van der Waals surface area contributed by atoms with E-state index in [-0.39, 0.29) is 37.7 Å². The van der Waals surface area contributed by atoms with Crippen LogP contribution in [0.3, 0.4) is 0 Å². The quantitative estimate of drug-likeness (QED) is 0.287. The van der Waals surface area contributed by atoms with Gasteiger partial charge in [-0.05, 0) is 68.7 Å². The van der Waals surface area contributed by atoms with Gasteiger partial charge in [-0.25, -0.2) is 8.42 Å². The SMILES string of the molecule is CCCCNC(=O)[C@H](C)N(Cc1ccc(Cl)cc1Cl)C(=O)CCCN(c1ccc(OCC)cc1)S(C)(=O)=O. The van der Waals surface area contributed by atoms with Gasteiger partial charge in [0.05, 0.1) is 18.6 Å². The van der Waals surface area contributed by atoms with Crippen LogP contribution in [0.5, 0.6) is 5.75 Å². The van der Waals surface area contributed by atoms with Crippen LogP contribution < -0.4 is 14.4 Å². The van der Waals surface area contributed by atoms with Crippen molar-refractivity contribution in [3.8, 4) is 5.75 Å². The van der Waals surface area contributed by atoms with Gasteiger partial charge >= 0.3 is 0 Å². The van der Waals surface area contributed by atoms with Crippen LogP contribution in [-0.4, -0.2) is 57.1 Å². The fourth-order valence-electron chi connectivity index (χ4n) is 3.83. The highest BCUT2D eigenvalue weighted by atomic mass is 35.5. The summed E-state index contributed by atoms with van der Waals surface area (Å²) >= 11 is 12.4. The van der Waals surface area contributed by atoms with Gasteiger partial charge in [-0.15, -0.1) is 0 Å². The van der Waals surface area contributed by atoms with Crippen LogP contribution in [0.15, 0.2) is 42.5 Å². The Labute approximate surface area is 236 Å². The fourth-order valence-corrected chi connectivity index (χ4v) is 5.26. The van der Waals surface area contributed by atoms with Crippen molar-refractivity contribution < 1.29 is 22.7 Å². The second kappa shape index (κ2) is 15.2. The Morgan fingerprint density at radius 3 is 2.32 bits per heavy atom. The lowest BCUT2D eigenvalue weighted by Crippen LogP contribution is -2.48. The summed E-state index contributed by atoms with van der Waals surface area (Å²) in [5.41, 5.74) is 1.14. The normalized spacial score (nSPS) is 12.1. The molecule has 0 aliphatic carbocycles. The van der Waals surface area contributed by atoms with Gasteiger partial charge in [0, 0.05) is 36.1 Å². The molecule has 0 aliphatic heterocycles. The second-order valence-electron chi connectivity index (χ2n) is 8.94. The van der Waals surface area contributed by atoms with Crippen LogP contribution in [-0.2, 0) is 26.2 Å². The maximum Gasteiger partial charge on any atom is 0.242 e. The monoisotopic (exact) mass is 585 g/mol. The molecular formula is C27H37Cl2N3O5S. The van der Waals surface area contributed by atoms with Crippen molar-refractivity contribution in [3.05, 3.63) is 58.1 Å². The summed E-state index contributed by atoms with van der Waals surface area (Å²) in [7, 11) is -3.59. The van der Waals surface area contributed by atoms with E-state index in [1.165, 1.54) is 9.21 Å². The molecule has 2 amide bonds. The molecule has 0 radical (unpaired) electrons. The third-order valence-corrected chi connectivity index (χ3v) is 7.72. The summed E-state index contributed by atoms with van der Waals surface area (Å²) in [6.07, 6.45) is 3.20. The second-order valence-corrected chi connectivity index (χ2v) is 11.7. The Hall–Kier alpha value is -2.49. The van der Waals surface area contributed by atoms with E-state index in [2.05, 4.69) is 5.32 Å². The van der Waals surface area contributed by atoms with E-state index in [1.54, 1.807) is 49.4 Å². The molecule has 38 heavy (non-hydrogen) atoms. The lowest BCUT2D eigenvalue weighted by molar-refractivity contribution is -0.140. The minimum atomic E-state index is -3.59. The van der Waals surface area contributed by atoms with Crippen LogP contribution in [0.1, 0.15) is 52.0 Å². The lowest BCUT2D eigenvalue weighted by Gasteiger charge is -2.30. The molecule has 0 aromatic heterocycles. The predicted molar refractivity (Wildman–Crippen MR) is 153 cm³/mol. The van der Waals surface area contributed by atoms with Gasteiger partial charge < -0.3 is 15.0 Å². The van der Waals surface area contributed by atoms with Gasteiger partial charge in [0.2, 0.25) is 21.8 Å². The Balaban J connectivity index is 2.17. The van der Waals surface area contributed by atoms with Crippen molar-refractivity contribution >= 4 is 50.7 Å². The summed E-state index contributed by atoms with van der Waals surface area (Å²) in [6, 6.07) is 11.0. The molecule has 0 spiro atoms. The Kier molecular flexibility index (Phi) is 12.7. The van der Waals surface area contributed by atoms with Gasteiger partial charge in [0.1, 0.15) is 11.8 Å². The maximum atomic E-state index is 13.4. The number of carbonyl (C=O) groups is 2. The first-order valence-electron chi connectivity index (χ1n) is 12.7. The fraction of sp³-hybridized carbons (Fsp3) is 0.481. The zero-order valence-electron chi connectivity index (χ0n) is 22.4. The zero-order valence-corrected chi connectivity index (χ0v) is 24.7. The van der Waals surface area contributed by atoms with E-state index in [9.17, 15) is 18.0 Å². The van der Waals surface area contributed by atoms with Crippen molar-refractivity contribution in [1.29, 1.82) is 0 Å². The van der Waals surface area contributed by atoms with Gasteiger partial charge in [0.15, 0.2) is 0 Å². The molecule has 0 fully saturated rings. The van der Waals surface area contributed by atoms with Crippen molar-refractivity contribution in [2.24, 2.45) is 0 Å². The molecule has 0 saturated carbocycles. The molecule has 0 heterocycles. The van der Waals surface area contributed by atoms with E-state index in [1.807, 2.05) is 13.8 Å². The number of halogens is 2. The number of sulfonamides is 1. The minimum absolute atomic E-state index is 0.0425. The van der Waals surface area contributed by atoms with Crippen molar-refractivity contribution in [2.75, 3.05) is 30.3 Å². The third kappa shape index (κ3) is 9.67. The Bertz CT molecular complexity index is 1180. The van der Waals surface area contributed by atoms with Crippen LogP contribution in [0.4, 0.5) is 5.69 Å². The Morgan fingerprint density at radius 1 is 1.05 bits per heavy atom. The lowest BCUT2D eigenvalue weighted by atomic mass is 10.1. The first-order chi connectivity index (χ1) is 18.0. The highest BCUT2D eigenvalue weighted by Gasteiger charge is 2.27. The molecule has 1 N–H and O–H groups in total. The predicted octanol–water partition coefficient (Wildman–Crippen LogP) is 5.27. The molecule has 0 unspecified atom stereocenters. The largest absolute Gasteiger partial charge is 0.494 e. The average molecular weight is 587 g/mol. The Morgan fingerprint density at radius 2 is 1.74 bits per heavy atom. The van der Waals surface area contributed by atoms with Gasteiger partial charge in [0.25, 0.3) is 0 Å². The van der Waals surface area contributed by atoms with E-state index >= 15 is 0 Å². The first-order valence-corrected chi connectivity index (χ1v) is 15.3. The number of unbranched alkanes of at least 4 members (excludes halogenated alkanes) is 1. The number of carbonyl (C=O) groups excluding carboxylic acids is 2. The molecule has 11 heteroatoms. The number of nitrogens with one attached hydrogen (secondary N) is 1. The molecule has 0 bridgehead atoms. The van der Waals surface area contributed by atoms with E-state index in [4.69, 9.17) is 27.9 Å². The molecule has 8 nitrogen and oxygen atoms in total. The molecule has 2 aromatic carbocycles. The molecule has 2 rings (SSSR count). The first kappa shape index (κ1) is 31.7. The summed E-state index contributed by atoms with van der Waals surface area (Å²) < 4.78 is 31.7. The number of rotatable bonds is 15. The van der Waals surface area contributed by atoms with Crippen molar-refractivity contribution in [2.45, 2.75) is 59.0 Å². The highest BCUT2D eigenvalue weighted by molar-refractivity contribution is 7.92. The summed E-state index contributed by atoms with van der Waals surface area (Å²) in [5, 5.41) is 3.74. The molecular weight excluding hydrogens is 549 g/mol. The number of amides is 2. The molecule has 0 saturated heterocycles. The van der Waals surface area contributed by atoms with Gasteiger partial charge in [-0.1, -0.05) is 42.6 Å². The summed E-state index contributed by atoms with van der Waals surface area (Å²) in [5.74, 6) is 0.0981. The maximum absolute atomic E-state index is 13.4. The standard InChI is InChI=1S/C27H37Cl2N3O5S/c1-5-7-16-30-27(34)20(3)31(19-21-10-11-22(28)18-25(21)29)26(33)9-8-17-32(38(4,35)36)23-12-14-24(15-13-23)37-6-2/h10-15,18,20H,5-9,16-17,19H2,1-4H3,(H,30,34)/t20-/m0/s1. The molecule has 210 valence electrons. The molecule has 2 aromatic rings. The number of hydrogen-bond donors (Lipinski definition) is 1. The highest BCUT2D eigenvalue weighted by Crippen LogP contribution is 2.25.